The van der Waals surface area contributed by atoms with Gasteiger partial charge in [-0.3, -0.25) is 9.55 Å². The first-order chi connectivity index (χ1) is 18.1. The van der Waals surface area contributed by atoms with Crippen molar-refractivity contribution in [3.8, 4) is 0 Å². The number of hydrogen-bond donors (Lipinski definition) is 2. The molecule has 10 nitrogen and oxygen atoms in total. The fourth-order valence-electron chi connectivity index (χ4n) is 3.53. The topological polar surface area (TPSA) is 117 Å². The minimum atomic E-state index is -0.656. The first-order valence-electron chi connectivity index (χ1n) is 12.1. The van der Waals surface area contributed by atoms with Crippen molar-refractivity contribution in [2.75, 3.05) is 0 Å². The lowest BCUT2D eigenvalue weighted by molar-refractivity contribution is 0.0473. The van der Waals surface area contributed by atoms with Crippen LogP contribution in [0.2, 0.25) is 0 Å². The Hall–Kier alpha value is -3.51. The average Bonchev–Trinajstić information content (AvgIpc) is 3.56. The molecule has 12 heteroatoms. The Bertz CT molecular complexity index is 1150. The maximum absolute atomic E-state index is 12.7. The molecule has 0 bridgehead atoms. The summed E-state index contributed by atoms with van der Waals surface area (Å²) in [4.78, 5) is 34.0. The number of nitrogens with zero attached hydrogens (tertiary/aromatic N) is 3. The van der Waals surface area contributed by atoms with Gasteiger partial charge in [0.2, 0.25) is 0 Å². The highest BCUT2D eigenvalue weighted by molar-refractivity contribution is 7.80. The second kappa shape index (κ2) is 13.9. The number of amides is 2. The molecule has 0 radical (unpaired) electrons. The molecule has 2 heterocycles. The Labute approximate surface area is 231 Å². The second-order valence-corrected chi connectivity index (χ2v) is 11.0. The van der Waals surface area contributed by atoms with E-state index in [4.69, 9.17) is 26.4 Å². The van der Waals surface area contributed by atoms with E-state index in [1.165, 1.54) is 17.7 Å². The van der Waals surface area contributed by atoms with E-state index in [-0.39, 0.29) is 17.8 Å². The molecule has 3 unspecified atom stereocenters. The van der Waals surface area contributed by atoms with Crippen LogP contribution in [0.5, 0.6) is 0 Å². The standard InChI is InChI=1S/C26H33N5O5S2/c1-18(29-23(32)34-15-21-14-28-17-38-21)22(35-25(37)31-11-10-27-16-31)13-20(12-19-8-6-5-7-9-19)30-24(33)36-26(2,3)4/h5-11,14,16-18,20,22H,12-13,15H2,1-4H3,(H,29,32)(H,30,33). The van der Waals surface area contributed by atoms with Crippen LogP contribution in [0.1, 0.15) is 44.6 Å². The summed E-state index contributed by atoms with van der Waals surface area (Å²) < 4.78 is 18.5. The maximum atomic E-state index is 12.7. The molecule has 2 aromatic heterocycles. The van der Waals surface area contributed by atoms with E-state index in [1.807, 2.05) is 30.3 Å². The van der Waals surface area contributed by atoms with E-state index in [0.717, 1.165) is 10.4 Å². The van der Waals surface area contributed by atoms with Crippen molar-refractivity contribution in [1.29, 1.82) is 0 Å². The van der Waals surface area contributed by atoms with Gasteiger partial charge in [0.05, 0.1) is 16.4 Å². The van der Waals surface area contributed by atoms with E-state index < -0.39 is 29.9 Å². The van der Waals surface area contributed by atoms with Crippen molar-refractivity contribution in [2.45, 2.75) is 70.9 Å². The molecular weight excluding hydrogens is 526 g/mol. The number of nitrogens with one attached hydrogen (secondary N) is 2. The summed E-state index contributed by atoms with van der Waals surface area (Å²) >= 11 is 6.87. The van der Waals surface area contributed by atoms with Crippen LogP contribution in [-0.2, 0) is 27.2 Å². The molecule has 38 heavy (non-hydrogen) atoms. The number of carbonyl (C=O) groups excluding carboxylic acids is 2. The van der Waals surface area contributed by atoms with Crippen LogP contribution < -0.4 is 10.6 Å². The zero-order valence-corrected chi connectivity index (χ0v) is 23.5. The monoisotopic (exact) mass is 559 g/mol. The normalized spacial score (nSPS) is 13.6. The first kappa shape index (κ1) is 29.1. The zero-order chi connectivity index (χ0) is 27.5. The third-order valence-corrected chi connectivity index (χ3v) is 6.32. The summed E-state index contributed by atoms with van der Waals surface area (Å²) in [5.74, 6) is 0. The third-order valence-electron chi connectivity index (χ3n) is 5.26. The van der Waals surface area contributed by atoms with Crippen molar-refractivity contribution in [1.82, 2.24) is 25.2 Å². The summed E-state index contributed by atoms with van der Waals surface area (Å²) in [7, 11) is 0. The number of benzene rings is 1. The van der Waals surface area contributed by atoms with E-state index in [1.54, 1.807) is 56.4 Å². The summed E-state index contributed by atoms with van der Waals surface area (Å²) in [6, 6.07) is 8.85. The van der Waals surface area contributed by atoms with Crippen LogP contribution in [0.4, 0.5) is 9.59 Å². The molecule has 0 aliphatic heterocycles. The highest BCUT2D eigenvalue weighted by Crippen LogP contribution is 2.16. The first-order valence-corrected chi connectivity index (χ1v) is 13.4. The van der Waals surface area contributed by atoms with Gasteiger partial charge < -0.3 is 24.8 Å². The summed E-state index contributed by atoms with van der Waals surface area (Å²) in [6.07, 6.45) is 5.50. The van der Waals surface area contributed by atoms with Gasteiger partial charge in [-0.25, -0.2) is 14.6 Å². The highest BCUT2D eigenvalue weighted by Gasteiger charge is 2.29. The summed E-state index contributed by atoms with van der Waals surface area (Å²) in [5.41, 5.74) is 2.04. The molecule has 0 aliphatic carbocycles. The quantitative estimate of drug-likeness (QED) is 0.344. The maximum Gasteiger partial charge on any atom is 0.407 e. The number of thiocarbonyl (C=S) groups is 1. The Kier molecular flexibility index (Phi) is 10.6. The van der Waals surface area contributed by atoms with Crippen LogP contribution in [0, 0.1) is 0 Å². The van der Waals surface area contributed by atoms with Gasteiger partial charge in [0.1, 0.15) is 24.6 Å². The highest BCUT2D eigenvalue weighted by atomic mass is 32.1. The number of imidazole rings is 1. The average molecular weight is 560 g/mol. The summed E-state index contributed by atoms with van der Waals surface area (Å²) in [5, 5.41) is 5.94. The SMILES string of the molecule is CC(NC(=O)OCc1cncs1)C(CC(Cc1ccccc1)NC(=O)OC(C)(C)C)OC(=S)n1ccnc1. The molecule has 2 amide bonds. The van der Waals surface area contributed by atoms with Gasteiger partial charge in [-0.2, -0.15) is 0 Å². The number of aromatic nitrogens is 3. The number of carbonyl (C=O) groups is 2. The van der Waals surface area contributed by atoms with Gasteiger partial charge in [-0.1, -0.05) is 30.3 Å². The Balaban J connectivity index is 1.75. The number of hydrogen-bond acceptors (Lipinski definition) is 9. The lowest BCUT2D eigenvalue weighted by Crippen LogP contribution is -2.49. The molecule has 0 saturated heterocycles. The number of thiazole rings is 1. The van der Waals surface area contributed by atoms with E-state index >= 15 is 0 Å². The van der Waals surface area contributed by atoms with Gasteiger partial charge in [-0.05, 0) is 51.9 Å². The van der Waals surface area contributed by atoms with Crippen molar-refractivity contribution >= 4 is 40.9 Å². The molecular formula is C26H33N5O5S2. The molecule has 204 valence electrons. The van der Waals surface area contributed by atoms with Crippen LogP contribution >= 0.6 is 23.6 Å². The molecule has 3 rings (SSSR count). The van der Waals surface area contributed by atoms with Gasteiger partial charge in [0.15, 0.2) is 0 Å². The molecule has 2 N–H and O–H groups in total. The van der Waals surface area contributed by atoms with Crippen molar-refractivity contribution < 1.29 is 23.8 Å². The molecule has 0 spiro atoms. The van der Waals surface area contributed by atoms with Gasteiger partial charge in [0.25, 0.3) is 5.17 Å². The lowest BCUT2D eigenvalue weighted by Gasteiger charge is -2.30. The minimum absolute atomic E-state index is 0.110. The van der Waals surface area contributed by atoms with Crippen molar-refractivity contribution in [3.05, 3.63) is 71.2 Å². The predicted octanol–water partition coefficient (Wildman–Crippen LogP) is 4.70. The largest absolute Gasteiger partial charge is 0.465 e. The van der Waals surface area contributed by atoms with Crippen LogP contribution in [0.15, 0.2) is 60.8 Å². The Morgan fingerprint density at radius 2 is 1.89 bits per heavy atom. The van der Waals surface area contributed by atoms with Crippen LogP contribution in [-0.4, -0.2) is 55.7 Å². The van der Waals surface area contributed by atoms with Gasteiger partial charge >= 0.3 is 12.2 Å². The molecule has 3 aromatic rings. The fraction of sp³-hybridized carbons (Fsp3) is 0.423. The van der Waals surface area contributed by atoms with Crippen LogP contribution in [0.3, 0.4) is 0 Å². The predicted molar refractivity (Wildman–Crippen MR) is 148 cm³/mol. The molecule has 0 saturated carbocycles. The van der Waals surface area contributed by atoms with Crippen molar-refractivity contribution in [3.63, 3.8) is 0 Å². The summed E-state index contributed by atoms with van der Waals surface area (Å²) in [6.45, 7) is 7.32. The Morgan fingerprint density at radius 3 is 2.53 bits per heavy atom. The number of rotatable bonds is 10. The Morgan fingerprint density at radius 1 is 1.13 bits per heavy atom. The van der Waals surface area contributed by atoms with E-state index in [9.17, 15) is 9.59 Å². The zero-order valence-electron chi connectivity index (χ0n) is 21.8. The van der Waals surface area contributed by atoms with Gasteiger partial charge in [-0.15, -0.1) is 11.3 Å². The molecule has 3 atom stereocenters. The smallest absolute Gasteiger partial charge is 0.407 e. The fourth-order valence-corrected chi connectivity index (χ4v) is 4.27. The minimum Gasteiger partial charge on any atom is -0.465 e. The molecule has 0 aliphatic rings. The molecule has 1 aromatic carbocycles. The molecule has 0 fully saturated rings. The lowest BCUT2D eigenvalue weighted by atomic mass is 9.97. The van der Waals surface area contributed by atoms with Gasteiger partial charge in [0, 0.05) is 31.1 Å². The number of alkyl carbamates (subject to hydrolysis) is 2. The van der Waals surface area contributed by atoms with E-state index in [0.29, 0.717) is 12.8 Å². The third kappa shape index (κ3) is 10.1. The second-order valence-electron chi connectivity index (χ2n) is 9.64. The number of ether oxygens (including phenoxy) is 3. The van der Waals surface area contributed by atoms with Crippen molar-refractivity contribution in [2.24, 2.45) is 0 Å². The van der Waals surface area contributed by atoms with Crippen LogP contribution in [0.25, 0.3) is 0 Å². The van der Waals surface area contributed by atoms with E-state index in [2.05, 4.69) is 20.6 Å².